The number of benzene rings is 1. The van der Waals surface area contributed by atoms with E-state index in [0.29, 0.717) is 18.9 Å². The van der Waals surface area contributed by atoms with Gasteiger partial charge < -0.3 is 5.32 Å². The number of fused-ring (bicyclic) bond motifs is 1. The Morgan fingerprint density at radius 3 is 1.97 bits per heavy atom. The van der Waals surface area contributed by atoms with Crippen molar-refractivity contribution in [3.63, 3.8) is 0 Å². The first-order valence-corrected chi connectivity index (χ1v) is 8.92. The summed E-state index contributed by atoms with van der Waals surface area (Å²) in [7, 11) is 0. The number of rotatable bonds is 3. The summed E-state index contributed by atoms with van der Waals surface area (Å²) in [5.74, 6) is -12.7. The third-order valence-corrected chi connectivity index (χ3v) is 4.75. The second-order valence-corrected chi connectivity index (χ2v) is 7.10. The van der Waals surface area contributed by atoms with E-state index in [2.05, 4.69) is 10.1 Å². The van der Waals surface area contributed by atoms with Crippen molar-refractivity contribution in [2.45, 2.75) is 31.1 Å². The third-order valence-electron chi connectivity index (χ3n) is 4.75. The van der Waals surface area contributed by atoms with Gasteiger partial charge in [-0.25, -0.2) is 27.1 Å². The molecule has 1 N–H and O–H groups in total. The van der Waals surface area contributed by atoms with Crippen molar-refractivity contribution in [2.75, 3.05) is 5.32 Å². The van der Waals surface area contributed by atoms with Crippen LogP contribution in [0, 0.1) is 23.3 Å². The second kappa shape index (κ2) is 7.31. The van der Waals surface area contributed by atoms with Gasteiger partial charge in [-0.05, 0) is 18.9 Å². The number of aromatic nitrogens is 3. The van der Waals surface area contributed by atoms with Crippen LogP contribution >= 0.6 is 0 Å². The number of carbonyl (C=O) groups is 1. The molecule has 2 heterocycles. The Hall–Kier alpha value is -3.39. The maximum atomic E-state index is 14.0. The zero-order valence-corrected chi connectivity index (χ0v) is 15.7. The molecule has 1 aliphatic carbocycles. The molecule has 1 amide bonds. The molecule has 3 aromatic rings. The van der Waals surface area contributed by atoms with Crippen LogP contribution in [0.1, 0.15) is 46.2 Å². The molecule has 0 bridgehead atoms. The lowest BCUT2D eigenvalue weighted by atomic mass is 10.1. The number of nitrogens with one attached hydrogen (secondary N) is 1. The van der Waals surface area contributed by atoms with E-state index in [4.69, 9.17) is 0 Å². The van der Waals surface area contributed by atoms with Crippen LogP contribution in [-0.4, -0.2) is 20.5 Å². The fourth-order valence-electron chi connectivity index (χ4n) is 3.06. The predicted octanol–water partition coefficient (Wildman–Crippen LogP) is 5.45. The first kappa shape index (κ1) is 22.8. The van der Waals surface area contributed by atoms with Crippen LogP contribution in [0.5, 0.6) is 0 Å². The van der Waals surface area contributed by atoms with Gasteiger partial charge in [-0.3, -0.25) is 4.79 Å². The average Bonchev–Trinajstić information content (AvgIpc) is 3.45. The molecule has 0 saturated heterocycles. The van der Waals surface area contributed by atoms with E-state index in [0.717, 1.165) is 6.07 Å². The van der Waals surface area contributed by atoms with E-state index < -0.39 is 69.8 Å². The lowest BCUT2D eigenvalue weighted by Gasteiger charge is -2.14. The largest absolute Gasteiger partial charge is 0.433 e. The van der Waals surface area contributed by atoms with Crippen molar-refractivity contribution < 1.29 is 48.7 Å². The Morgan fingerprint density at radius 2 is 1.48 bits per heavy atom. The number of alkyl halides is 6. The van der Waals surface area contributed by atoms with Crippen LogP contribution in [0.15, 0.2) is 12.1 Å². The summed E-state index contributed by atoms with van der Waals surface area (Å²) in [6.07, 6.45) is -9.54. The molecule has 1 aromatic carbocycles. The minimum atomic E-state index is -5.79. The third kappa shape index (κ3) is 3.95. The summed E-state index contributed by atoms with van der Waals surface area (Å²) in [5, 5.41) is 4.67. The van der Waals surface area contributed by atoms with Crippen LogP contribution in [0.3, 0.4) is 0 Å². The van der Waals surface area contributed by atoms with Crippen LogP contribution < -0.4 is 5.32 Å². The van der Waals surface area contributed by atoms with Gasteiger partial charge in [0.2, 0.25) is 0 Å². The van der Waals surface area contributed by atoms with Gasteiger partial charge in [-0.2, -0.15) is 31.4 Å². The smallest absolute Gasteiger partial charge is 0.315 e. The summed E-state index contributed by atoms with van der Waals surface area (Å²) in [4.78, 5) is 16.2. The highest BCUT2D eigenvalue weighted by atomic mass is 19.4. The SMILES string of the molecule is O=C(Nc1c(F)c(F)c(C(F)(F)F)c(F)c1F)c1cc2nc(C3CC3)cc(C(F)(F)F)n2n1. The summed E-state index contributed by atoms with van der Waals surface area (Å²) in [6.45, 7) is 0. The minimum absolute atomic E-state index is 0.0747. The fourth-order valence-corrected chi connectivity index (χ4v) is 3.06. The van der Waals surface area contributed by atoms with Crippen molar-refractivity contribution in [3.05, 3.63) is 58.0 Å². The first-order chi connectivity index (χ1) is 15.2. The molecule has 15 heteroatoms. The van der Waals surface area contributed by atoms with Gasteiger partial charge in [0.05, 0.1) is 0 Å². The van der Waals surface area contributed by atoms with Crippen molar-refractivity contribution in [2.24, 2.45) is 0 Å². The molecule has 176 valence electrons. The van der Waals surface area contributed by atoms with Crippen molar-refractivity contribution in [1.82, 2.24) is 14.6 Å². The molecule has 1 fully saturated rings. The molecular weight excluding hydrogens is 478 g/mol. The normalized spacial score (nSPS) is 14.7. The zero-order valence-electron chi connectivity index (χ0n) is 15.7. The van der Waals surface area contributed by atoms with E-state index in [1.807, 2.05) is 0 Å². The molecule has 5 nitrogen and oxygen atoms in total. The number of carbonyl (C=O) groups excluding carboxylic acids is 1. The van der Waals surface area contributed by atoms with Crippen LogP contribution in [-0.2, 0) is 12.4 Å². The number of halogens is 10. The van der Waals surface area contributed by atoms with E-state index >= 15 is 0 Å². The quantitative estimate of drug-likeness (QED) is 0.396. The van der Waals surface area contributed by atoms with Gasteiger partial charge in [-0.15, -0.1) is 0 Å². The Bertz CT molecular complexity index is 1260. The Labute approximate surface area is 176 Å². The molecule has 4 rings (SSSR count). The Balaban J connectivity index is 1.76. The van der Waals surface area contributed by atoms with Crippen LogP contribution in [0.2, 0.25) is 0 Å². The highest BCUT2D eigenvalue weighted by Crippen LogP contribution is 2.41. The monoisotopic (exact) mass is 486 g/mol. The molecule has 1 aliphatic rings. The van der Waals surface area contributed by atoms with Crippen LogP contribution in [0.25, 0.3) is 5.65 Å². The molecule has 0 radical (unpaired) electrons. The minimum Gasteiger partial charge on any atom is -0.315 e. The topological polar surface area (TPSA) is 59.3 Å². The van der Waals surface area contributed by atoms with Gasteiger partial charge in [-0.1, -0.05) is 0 Å². The van der Waals surface area contributed by atoms with E-state index in [1.54, 1.807) is 0 Å². The second-order valence-electron chi connectivity index (χ2n) is 7.10. The molecular formula is C18H8F10N4O. The average molecular weight is 486 g/mol. The summed E-state index contributed by atoms with van der Waals surface area (Å²) < 4.78 is 134. The molecule has 33 heavy (non-hydrogen) atoms. The maximum Gasteiger partial charge on any atom is 0.433 e. The molecule has 0 spiro atoms. The predicted molar refractivity (Wildman–Crippen MR) is 89.2 cm³/mol. The van der Waals surface area contributed by atoms with Crippen molar-refractivity contribution in [1.29, 1.82) is 0 Å². The fraction of sp³-hybridized carbons (Fsp3) is 0.278. The molecule has 0 atom stereocenters. The lowest BCUT2D eigenvalue weighted by Crippen LogP contribution is -2.21. The van der Waals surface area contributed by atoms with E-state index in [-0.39, 0.29) is 16.1 Å². The van der Waals surface area contributed by atoms with Crippen molar-refractivity contribution in [3.8, 4) is 0 Å². The van der Waals surface area contributed by atoms with Crippen molar-refractivity contribution >= 4 is 17.2 Å². The zero-order chi connectivity index (χ0) is 24.5. The van der Waals surface area contributed by atoms with Gasteiger partial charge in [0.25, 0.3) is 5.91 Å². The molecule has 0 unspecified atom stereocenters. The number of anilines is 1. The van der Waals surface area contributed by atoms with Gasteiger partial charge in [0.1, 0.15) is 16.9 Å². The Kier molecular flexibility index (Phi) is 5.05. The summed E-state index contributed by atoms with van der Waals surface area (Å²) in [5.41, 5.74) is -7.36. The van der Waals surface area contributed by atoms with E-state index in [9.17, 15) is 48.7 Å². The van der Waals surface area contributed by atoms with Gasteiger partial charge in [0, 0.05) is 17.7 Å². The Morgan fingerprint density at radius 1 is 0.909 bits per heavy atom. The van der Waals surface area contributed by atoms with E-state index in [1.165, 1.54) is 5.32 Å². The highest BCUT2D eigenvalue weighted by Gasteiger charge is 2.43. The molecule has 0 aliphatic heterocycles. The standard InChI is InChI=1S/C18H8F10N4O/c19-11-10(18(26,27)28)12(20)14(22)15(13(11)21)30-16(33)7-4-9-29-6(5-1-2-5)3-8(17(23,24)25)32(9)31-7/h3-5H,1-2H2,(H,30,33). The number of hydrogen-bond acceptors (Lipinski definition) is 3. The number of nitrogens with zero attached hydrogens (tertiary/aromatic N) is 3. The van der Waals surface area contributed by atoms with Crippen LogP contribution in [0.4, 0.5) is 49.6 Å². The van der Waals surface area contributed by atoms with Gasteiger partial charge in [0.15, 0.2) is 34.6 Å². The lowest BCUT2D eigenvalue weighted by molar-refractivity contribution is -0.143. The summed E-state index contributed by atoms with van der Waals surface area (Å²) in [6, 6.07) is 1.43. The number of hydrogen-bond donors (Lipinski definition) is 1. The highest BCUT2D eigenvalue weighted by molar-refractivity contribution is 6.03. The van der Waals surface area contributed by atoms with Gasteiger partial charge >= 0.3 is 12.4 Å². The molecule has 1 saturated carbocycles. The molecule has 2 aromatic heterocycles. The first-order valence-electron chi connectivity index (χ1n) is 8.92. The maximum absolute atomic E-state index is 14.0. The number of amides is 1. The summed E-state index contributed by atoms with van der Waals surface area (Å²) >= 11 is 0.